The molecular weight excluding hydrogens is 290 g/mol. The van der Waals surface area contributed by atoms with E-state index in [1.54, 1.807) is 0 Å². The van der Waals surface area contributed by atoms with Crippen molar-refractivity contribution in [2.45, 2.75) is 123 Å². The van der Waals surface area contributed by atoms with E-state index >= 15 is 0 Å². The summed E-state index contributed by atoms with van der Waals surface area (Å²) in [4.78, 5) is 0. The lowest BCUT2D eigenvalue weighted by Crippen LogP contribution is -2.37. The fourth-order valence-electron chi connectivity index (χ4n) is 5.20. The second kappa shape index (κ2) is 12.3. The third-order valence-corrected chi connectivity index (χ3v) is 7.01. The SMILES string of the molecule is CCC1CCCCNC(C2CCCCCC(C)CCCC2)CCC1. The molecule has 1 aliphatic carbocycles. The van der Waals surface area contributed by atoms with Gasteiger partial charge in [-0.3, -0.25) is 0 Å². The summed E-state index contributed by atoms with van der Waals surface area (Å²) < 4.78 is 0. The Labute approximate surface area is 152 Å². The maximum Gasteiger partial charge on any atom is 0.00953 e. The minimum Gasteiger partial charge on any atom is -0.314 e. The molecule has 24 heavy (non-hydrogen) atoms. The Bertz CT molecular complexity index is 300. The molecule has 1 heterocycles. The van der Waals surface area contributed by atoms with Crippen LogP contribution in [0.25, 0.3) is 0 Å². The molecule has 2 fully saturated rings. The van der Waals surface area contributed by atoms with Gasteiger partial charge in [0, 0.05) is 6.04 Å². The van der Waals surface area contributed by atoms with Gasteiger partial charge in [-0.15, -0.1) is 0 Å². The van der Waals surface area contributed by atoms with Gasteiger partial charge >= 0.3 is 0 Å². The summed E-state index contributed by atoms with van der Waals surface area (Å²) in [7, 11) is 0. The van der Waals surface area contributed by atoms with Gasteiger partial charge in [-0.25, -0.2) is 0 Å². The molecule has 4 unspecified atom stereocenters. The van der Waals surface area contributed by atoms with Crippen LogP contribution in [0.5, 0.6) is 0 Å². The Hall–Kier alpha value is -0.0400. The van der Waals surface area contributed by atoms with Crippen molar-refractivity contribution < 1.29 is 0 Å². The molecule has 0 bridgehead atoms. The van der Waals surface area contributed by atoms with Gasteiger partial charge in [0.05, 0.1) is 0 Å². The fourth-order valence-corrected chi connectivity index (χ4v) is 5.20. The highest BCUT2D eigenvalue weighted by molar-refractivity contribution is 4.79. The first-order chi connectivity index (χ1) is 11.8. The van der Waals surface area contributed by atoms with E-state index in [0.29, 0.717) is 0 Å². The Morgan fingerprint density at radius 2 is 1.29 bits per heavy atom. The maximum absolute atomic E-state index is 4.00. The minimum atomic E-state index is 0.818. The van der Waals surface area contributed by atoms with E-state index in [0.717, 1.165) is 23.8 Å². The van der Waals surface area contributed by atoms with Crippen LogP contribution >= 0.6 is 0 Å². The van der Waals surface area contributed by atoms with Gasteiger partial charge in [-0.2, -0.15) is 0 Å². The standard InChI is InChI=1S/C23H45N/c1-3-21-14-9-10-19-24-23(18-11-15-21)22-16-6-4-5-12-20(2)13-7-8-17-22/h20-24H,3-19H2,1-2H3. The van der Waals surface area contributed by atoms with E-state index in [4.69, 9.17) is 0 Å². The molecule has 0 amide bonds. The van der Waals surface area contributed by atoms with Crippen LogP contribution in [-0.2, 0) is 0 Å². The van der Waals surface area contributed by atoms with Crippen LogP contribution in [0.3, 0.4) is 0 Å². The van der Waals surface area contributed by atoms with Gasteiger partial charge in [-0.05, 0) is 50.0 Å². The molecule has 0 aromatic rings. The third kappa shape index (κ3) is 7.89. The fraction of sp³-hybridized carbons (Fsp3) is 1.00. The smallest absolute Gasteiger partial charge is 0.00953 e. The van der Waals surface area contributed by atoms with Gasteiger partial charge in [0.15, 0.2) is 0 Å². The Morgan fingerprint density at radius 1 is 0.667 bits per heavy atom. The molecule has 1 heteroatoms. The number of rotatable bonds is 2. The van der Waals surface area contributed by atoms with Crippen LogP contribution < -0.4 is 5.32 Å². The molecule has 142 valence electrons. The first-order valence-corrected chi connectivity index (χ1v) is 11.5. The van der Waals surface area contributed by atoms with Crippen molar-refractivity contribution >= 4 is 0 Å². The predicted molar refractivity (Wildman–Crippen MR) is 107 cm³/mol. The summed E-state index contributed by atoms with van der Waals surface area (Å²) in [6.07, 6.45) is 23.4. The average Bonchev–Trinajstić information content (AvgIpc) is 2.64. The average molecular weight is 336 g/mol. The first-order valence-electron chi connectivity index (χ1n) is 11.5. The van der Waals surface area contributed by atoms with E-state index in [-0.39, 0.29) is 0 Å². The van der Waals surface area contributed by atoms with Gasteiger partial charge in [0.1, 0.15) is 0 Å². The van der Waals surface area contributed by atoms with Crippen molar-refractivity contribution in [1.29, 1.82) is 0 Å². The summed E-state index contributed by atoms with van der Waals surface area (Å²) in [5.41, 5.74) is 0. The molecule has 0 spiro atoms. The topological polar surface area (TPSA) is 12.0 Å². The molecule has 1 nitrogen and oxygen atoms in total. The molecule has 1 aliphatic heterocycles. The normalized spacial score (nSPS) is 35.8. The summed E-state index contributed by atoms with van der Waals surface area (Å²) in [5, 5.41) is 4.00. The van der Waals surface area contributed by atoms with Crippen LogP contribution in [0.4, 0.5) is 0 Å². The molecule has 0 aromatic heterocycles. The van der Waals surface area contributed by atoms with E-state index in [2.05, 4.69) is 19.2 Å². The molecule has 4 atom stereocenters. The van der Waals surface area contributed by atoms with Crippen LogP contribution in [-0.4, -0.2) is 12.6 Å². The summed E-state index contributed by atoms with van der Waals surface area (Å²) in [6.45, 7) is 6.15. The van der Waals surface area contributed by atoms with Crippen molar-refractivity contribution in [1.82, 2.24) is 5.32 Å². The van der Waals surface area contributed by atoms with Crippen molar-refractivity contribution in [3.63, 3.8) is 0 Å². The van der Waals surface area contributed by atoms with Crippen molar-refractivity contribution in [2.24, 2.45) is 17.8 Å². The Kier molecular flexibility index (Phi) is 10.4. The van der Waals surface area contributed by atoms with Gasteiger partial charge in [0.25, 0.3) is 0 Å². The quantitative estimate of drug-likeness (QED) is 0.567. The van der Waals surface area contributed by atoms with E-state index in [9.17, 15) is 0 Å². The number of nitrogens with one attached hydrogen (secondary N) is 1. The molecule has 0 aromatic carbocycles. The van der Waals surface area contributed by atoms with Crippen LogP contribution in [0.2, 0.25) is 0 Å². The van der Waals surface area contributed by atoms with Gasteiger partial charge < -0.3 is 5.32 Å². The number of hydrogen-bond donors (Lipinski definition) is 1. The zero-order chi connectivity index (χ0) is 17.0. The second-order valence-corrected chi connectivity index (χ2v) is 9.05. The maximum atomic E-state index is 4.00. The van der Waals surface area contributed by atoms with E-state index in [1.807, 2.05) is 0 Å². The van der Waals surface area contributed by atoms with Crippen molar-refractivity contribution in [2.75, 3.05) is 6.54 Å². The van der Waals surface area contributed by atoms with Crippen LogP contribution in [0.1, 0.15) is 117 Å². The summed E-state index contributed by atoms with van der Waals surface area (Å²) >= 11 is 0. The summed E-state index contributed by atoms with van der Waals surface area (Å²) in [6, 6.07) is 0.818. The molecule has 1 saturated carbocycles. The highest BCUT2D eigenvalue weighted by atomic mass is 14.9. The third-order valence-electron chi connectivity index (χ3n) is 7.01. The van der Waals surface area contributed by atoms with Gasteiger partial charge in [-0.1, -0.05) is 90.9 Å². The second-order valence-electron chi connectivity index (χ2n) is 9.05. The van der Waals surface area contributed by atoms with E-state index in [1.165, 1.54) is 109 Å². The monoisotopic (exact) mass is 335 g/mol. The Morgan fingerprint density at radius 3 is 2.08 bits per heavy atom. The summed E-state index contributed by atoms with van der Waals surface area (Å²) in [5.74, 6) is 2.94. The lowest BCUT2D eigenvalue weighted by Gasteiger charge is -2.30. The van der Waals surface area contributed by atoms with Crippen LogP contribution in [0.15, 0.2) is 0 Å². The van der Waals surface area contributed by atoms with E-state index < -0.39 is 0 Å². The molecular formula is C23H45N. The van der Waals surface area contributed by atoms with Gasteiger partial charge in [0.2, 0.25) is 0 Å². The minimum absolute atomic E-state index is 0.818. The Balaban J connectivity index is 1.86. The predicted octanol–water partition coefficient (Wildman–Crippen LogP) is 7.10. The highest BCUT2D eigenvalue weighted by Gasteiger charge is 2.22. The van der Waals surface area contributed by atoms with Crippen molar-refractivity contribution in [3.8, 4) is 0 Å². The molecule has 2 rings (SSSR count). The molecule has 1 saturated heterocycles. The van der Waals surface area contributed by atoms with Crippen LogP contribution in [0, 0.1) is 17.8 Å². The lowest BCUT2D eigenvalue weighted by molar-refractivity contribution is 0.263. The zero-order valence-corrected chi connectivity index (χ0v) is 16.8. The molecule has 2 aliphatic rings. The highest BCUT2D eigenvalue weighted by Crippen LogP contribution is 2.29. The molecule has 0 radical (unpaired) electrons. The molecule has 1 N–H and O–H groups in total. The largest absolute Gasteiger partial charge is 0.314 e. The number of hydrogen-bond acceptors (Lipinski definition) is 1. The first kappa shape index (κ1) is 20.3. The lowest BCUT2D eigenvalue weighted by atomic mass is 9.84. The van der Waals surface area contributed by atoms with Crippen molar-refractivity contribution in [3.05, 3.63) is 0 Å². The zero-order valence-electron chi connectivity index (χ0n) is 16.8.